The molecule has 5 rings (SSSR count). The van der Waals surface area contributed by atoms with Gasteiger partial charge in [-0.05, 0) is 56.0 Å². The zero-order valence-electron chi connectivity index (χ0n) is 16.4. The van der Waals surface area contributed by atoms with Gasteiger partial charge in [0, 0.05) is 41.8 Å². The highest BCUT2D eigenvalue weighted by Crippen LogP contribution is 2.40. The smallest absolute Gasteiger partial charge is 0.257 e. The Hall–Kier alpha value is -2.93. The normalized spacial score (nSPS) is 17.2. The molecule has 8 heteroatoms. The van der Waals surface area contributed by atoms with Gasteiger partial charge in [-0.25, -0.2) is 4.98 Å². The molecule has 1 aliphatic heterocycles. The summed E-state index contributed by atoms with van der Waals surface area (Å²) in [5.74, 6) is 3.14. The van der Waals surface area contributed by atoms with Crippen molar-refractivity contribution < 1.29 is 9.32 Å². The molecule has 30 heavy (non-hydrogen) atoms. The first-order valence-electron chi connectivity index (χ1n) is 10.3. The van der Waals surface area contributed by atoms with E-state index in [0.717, 1.165) is 43.5 Å². The Morgan fingerprint density at radius 1 is 1.10 bits per heavy atom. The first-order valence-corrected chi connectivity index (χ1v) is 10.6. The minimum absolute atomic E-state index is 0.210. The molecule has 0 bridgehead atoms. The van der Waals surface area contributed by atoms with Gasteiger partial charge < -0.3 is 14.7 Å². The number of hydrogen-bond acceptors (Lipinski definition) is 6. The maximum atomic E-state index is 12.4. The number of carbonyl (C=O) groups excluding carboxylic acids is 1. The van der Waals surface area contributed by atoms with Gasteiger partial charge >= 0.3 is 0 Å². The third-order valence-electron chi connectivity index (χ3n) is 5.66. The highest BCUT2D eigenvalue weighted by Gasteiger charge is 2.32. The molecule has 3 aromatic rings. The maximum absolute atomic E-state index is 12.4. The Morgan fingerprint density at radius 2 is 1.93 bits per heavy atom. The molecule has 0 unspecified atom stereocenters. The Kier molecular flexibility index (Phi) is 5.12. The second-order valence-corrected chi connectivity index (χ2v) is 8.33. The summed E-state index contributed by atoms with van der Waals surface area (Å²) in [6, 6.07) is 10.8. The number of nitrogens with zero attached hydrogens (tertiary/aromatic N) is 4. The fourth-order valence-corrected chi connectivity index (χ4v) is 3.94. The number of hydrogen-bond donors (Lipinski definition) is 1. The van der Waals surface area contributed by atoms with E-state index in [1.807, 2.05) is 6.07 Å². The summed E-state index contributed by atoms with van der Waals surface area (Å²) in [6.45, 7) is 1.75. The van der Waals surface area contributed by atoms with Crippen molar-refractivity contribution in [3.05, 3.63) is 64.9 Å². The van der Waals surface area contributed by atoms with Crippen molar-refractivity contribution in [3.8, 4) is 0 Å². The average Bonchev–Trinajstić information content (AvgIpc) is 3.51. The Labute approximate surface area is 179 Å². The molecule has 1 aromatic carbocycles. The predicted octanol–water partition coefficient (Wildman–Crippen LogP) is 4.63. The van der Waals surface area contributed by atoms with E-state index in [-0.39, 0.29) is 5.91 Å². The zero-order valence-corrected chi connectivity index (χ0v) is 17.2. The molecule has 0 spiro atoms. The molecular formula is C22H22ClN5O2. The van der Waals surface area contributed by atoms with Crippen LogP contribution in [-0.4, -0.2) is 34.1 Å². The minimum atomic E-state index is -0.210. The standard InChI is InChI=1S/C22H22ClN5O2/c23-17-2-1-3-18(12-17)25-21(29)16-6-7-19(24-13-16)28-10-8-14(9-11-28)20-26-22(30-27-20)15-4-5-15/h1-3,6-7,12-15H,4-5,8-11H2,(H,25,29). The van der Waals surface area contributed by atoms with Crippen LogP contribution in [0.15, 0.2) is 47.1 Å². The number of piperidine rings is 1. The van der Waals surface area contributed by atoms with E-state index < -0.39 is 0 Å². The van der Waals surface area contributed by atoms with Crippen LogP contribution in [0.25, 0.3) is 0 Å². The molecule has 1 N–H and O–H groups in total. The Balaban J connectivity index is 1.18. The Morgan fingerprint density at radius 3 is 2.63 bits per heavy atom. The molecule has 3 heterocycles. The van der Waals surface area contributed by atoms with E-state index in [2.05, 4.69) is 25.3 Å². The van der Waals surface area contributed by atoms with Crippen LogP contribution in [0.5, 0.6) is 0 Å². The second-order valence-electron chi connectivity index (χ2n) is 7.90. The molecule has 0 radical (unpaired) electrons. The second kappa shape index (κ2) is 8.07. The fourth-order valence-electron chi connectivity index (χ4n) is 3.75. The SMILES string of the molecule is O=C(Nc1cccc(Cl)c1)c1ccc(N2CCC(c3noc(C4CC4)n3)CC2)nc1. The van der Waals surface area contributed by atoms with Crippen LogP contribution in [0.1, 0.15) is 59.6 Å². The van der Waals surface area contributed by atoms with Gasteiger partial charge in [-0.1, -0.05) is 22.8 Å². The summed E-state index contributed by atoms with van der Waals surface area (Å²) in [6.07, 6.45) is 5.87. The number of nitrogens with one attached hydrogen (secondary N) is 1. The molecule has 154 valence electrons. The monoisotopic (exact) mass is 423 g/mol. The zero-order chi connectivity index (χ0) is 20.5. The first-order chi connectivity index (χ1) is 14.7. The van der Waals surface area contributed by atoms with Gasteiger partial charge in [0.25, 0.3) is 5.91 Å². The van der Waals surface area contributed by atoms with E-state index in [9.17, 15) is 4.79 Å². The van der Waals surface area contributed by atoms with Crippen molar-refractivity contribution >= 4 is 29.0 Å². The highest BCUT2D eigenvalue weighted by molar-refractivity contribution is 6.30. The lowest BCUT2D eigenvalue weighted by molar-refractivity contribution is 0.102. The number of amides is 1. The van der Waals surface area contributed by atoms with E-state index in [1.54, 1.807) is 36.5 Å². The third kappa shape index (κ3) is 4.16. The van der Waals surface area contributed by atoms with Gasteiger partial charge in [0.1, 0.15) is 5.82 Å². The quantitative estimate of drug-likeness (QED) is 0.644. The summed E-state index contributed by atoms with van der Waals surface area (Å²) in [5.41, 5.74) is 1.16. The van der Waals surface area contributed by atoms with Crippen molar-refractivity contribution in [2.75, 3.05) is 23.3 Å². The number of rotatable bonds is 5. The number of carbonyl (C=O) groups is 1. The number of benzene rings is 1. The number of halogens is 1. The molecular weight excluding hydrogens is 402 g/mol. The van der Waals surface area contributed by atoms with Gasteiger partial charge in [0.15, 0.2) is 5.82 Å². The third-order valence-corrected chi connectivity index (χ3v) is 5.90. The molecule has 1 amide bonds. The van der Waals surface area contributed by atoms with Gasteiger partial charge in [0.05, 0.1) is 5.56 Å². The van der Waals surface area contributed by atoms with Crippen LogP contribution >= 0.6 is 11.6 Å². The summed E-state index contributed by atoms with van der Waals surface area (Å²) < 4.78 is 5.41. The fraction of sp³-hybridized carbons (Fsp3) is 0.364. The maximum Gasteiger partial charge on any atom is 0.257 e. The molecule has 2 aromatic heterocycles. The average molecular weight is 424 g/mol. The van der Waals surface area contributed by atoms with Gasteiger partial charge in [-0.2, -0.15) is 4.98 Å². The van der Waals surface area contributed by atoms with Gasteiger partial charge in [0.2, 0.25) is 5.89 Å². The van der Waals surface area contributed by atoms with E-state index in [1.165, 1.54) is 12.8 Å². The van der Waals surface area contributed by atoms with Crippen LogP contribution in [0.2, 0.25) is 5.02 Å². The van der Waals surface area contributed by atoms with Crippen molar-refractivity contribution in [2.24, 2.45) is 0 Å². The molecule has 1 saturated heterocycles. The van der Waals surface area contributed by atoms with Crippen molar-refractivity contribution in [1.29, 1.82) is 0 Å². The lowest BCUT2D eigenvalue weighted by Gasteiger charge is -2.31. The van der Waals surface area contributed by atoms with Gasteiger partial charge in [-0.15, -0.1) is 0 Å². The summed E-state index contributed by atoms with van der Waals surface area (Å²) >= 11 is 5.97. The molecule has 2 aliphatic rings. The number of pyridine rings is 1. The van der Waals surface area contributed by atoms with Crippen molar-refractivity contribution in [3.63, 3.8) is 0 Å². The molecule has 1 aliphatic carbocycles. The predicted molar refractivity (Wildman–Crippen MR) is 114 cm³/mol. The van der Waals surface area contributed by atoms with Crippen LogP contribution < -0.4 is 10.2 Å². The largest absolute Gasteiger partial charge is 0.357 e. The topological polar surface area (TPSA) is 84.2 Å². The van der Waals surface area contributed by atoms with Crippen LogP contribution in [0, 0.1) is 0 Å². The van der Waals surface area contributed by atoms with Crippen LogP contribution in [0.4, 0.5) is 11.5 Å². The number of anilines is 2. The number of aromatic nitrogens is 3. The molecule has 0 atom stereocenters. The van der Waals surface area contributed by atoms with Crippen LogP contribution in [-0.2, 0) is 0 Å². The van der Waals surface area contributed by atoms with Crippen LogP contribution in [0.3, 0.4) is 0 Å². The molecule has 1 saturated carbocycles. The van der Waals surface area contributed by atoms with Gasteiger partial charge in [-0.3, -0.25) is 4.79 Å². The summed E-state index contributed by atoms with van der Waals surface area (Å²) in [7, 11) is 0. The van der Waals surface area contributed by atoms with E-state index >= 15 is 0 Å². The van der Waals surface area contributed by atoms with E-state index in [0.29, 0.717) is 28.1 Å². The lowest BCUT2D eigenvalue weighted by Crippen LogP contribution is -2.33. The van der Waals surface area contributed by atoms with Crippen molar-refractivity contribution in [2.45, 2.75) is 37.5 Å². The van der Waals surface area contributed by atoms with E-state index in [4.69, 9.17) is 16.1 Å². The summed E-state index contributed by atoms with van der Waals surface area (Å²) in [4.78, 5) is 23.8. The minimum Gasteiger partial charge on any atom is -0.357 e. The lowest BCUT2D eigenvalue weighted by atomic mass is 9.96. The first kappa shape index (κ1) is 19.1. The van der Waals surface area contributed by atoms with Crippen molar-refractivity contribution in [1.82, 2.24) is 15.1 Å². The summed E-state index contributed by atoms with van der Waals surface area (Å²) in [5, 5.41) is 7.61. The highest BCUT2D eigenvalue weighted by atomic mass is 35.5. The molecule has 2 fully saturated rings. The molecule has 7 nitrogen and oxygen atoms in total. The Bertz CT molecular complexity index is 1040.